The van der Waals surface area contributed by atoms with Crippen LogP contribution >= 0.6 is 0 Å². The van der Waals surface area contributed by atoms with Crippen LogP contribution < -0.4 is 10.7 Å². The van der Waals surface area contributed by atoms with Crippen LogP contribution in [0, 0.1) is 6.92 Å². The summed E-state index contributed by atoms with van der Waals surface area (Å²) >= 11 is 0. The molecule has 34 heavy (non-hydrogen) atoms. The van der Waals surface area contributed by atoms with Gasteiger partial charge in [-0.1, -0.05) is 0 Å². The first-order valence-corrected chi connectivity index (χ1v) is 10.9. The summed E-state index contributed by atoms with van der Waals surface area (Å²) in [7, 11) is 0. The van der Waals surface area contributed by atoms with E-state index >= 15 is 0 Å². The Bertz CT molecular complexity index is 1010. The fraction of sp³-hybridized carbons (Fsp3) is 0.550. The molecule has 1 aromatic rings. The number of aryl methyl sites for hydroxylation is 2. The number of aliphatic carboxylic acids is 1. The van der Waals surface area contributed by atoms with Crippen molar-refractivity contribution in [3.05, 3.63) is 17.5 Å². The molecule has 0 aromatic carbocycles. The molecule has 3 heterocycles. The zero-order valence-corrected chi connectivity index (χ0v) is 18.9. The first kappa shape index (κ1) is 24.7. The number of aromatic nitrogens is 2. The minimum Gasteiger partial charge on any atom is -0.481 e. The Labute approximate surface area is 194 Å². The van der Waals surface area contributed by atoms with Gasteiger partial charge in [-0.3, -0.25) is 29.3 Å². The number of urea groups is 1. The summed E-state index contributed by atoms with van der Waals surface area (Å²) < 4.78 is 1.48. The van der Waals surface area contributed by atoms with E-state index in [-0.39, 0.29) is 31.6 Å². The van der Waals surface area contributed by atoms with E-state index in [1.165, 1.54) is 4.68 Å². The Morgan fingerprint density at radius 3 is 2.68 bits per heavy atom. The van der Waals surface area contributed by atoms with Crippen LogP contribution in [-0.4, -0.2) is 91.1 Å². The second-order valence-corrected chi connectivity index (χ2v) is 7.98. The number of hydrazine groups is 2. The van der Waals surface area contributed by atoms with E-state index < -0.39 is 48.2 Å². The van der Waals surface area contributed by atoms with Crippen LogP contribution in [0.15, 0.2) is 6.07 Å². The third-order valence-electron chi connectivity index (χ3n) is 5.53. The van der Waals surface area contributed by atoms with Crippen LogP contribution in [0.25, 0.3) is 0 Å². The van der Waals surface area contributed by atoms with Crippen molar-refractivity contribution >= 4 is 36.0 Å². The second-order valence-electron chi connectivity index (χ2n) is 7.98. The number of nitrogens with zero attached hydrogens (tertiary/aromatic N) is 5. The van der Waals surface area contributed by atoms with Crippen molar-refractivity contribution in [2.45, 2.75) is 58.2 Å². The van der Waals surface area contributed by atoms with E-state index in [0.29, 0.717) is 24.9 Å². The molecule has 2 atom stereocenters. The van der Waals surface area contributed by atoms with Crippen LogP contribution in [-0.2, 0) is 25.7 Å². The molecule has 0 aliphatic carbocycles. The first-order valence-electron chi connectivity index (χ1n) is 10.9. The van der Waals surface area contributed by atoms with Gasteiger partial charge in [-0.2, -0.15) is 5.10 Å². The van der Waals surface area contributed by atoms with E-state index in [2.05, 4.69) is 15.8 Å². The number of carbonyl (C=O) groups is 6. The lowest BCUT2D eigenvalue weighted by Gasteiger charge is -2.42. The van der Waals surface area contributed by atoms with Gasteiger partial charge < -0.3 is 15.2 Å². The first-order chi connectivity index (χ1) is 16.2. The average Bonchev–Trinajstić information content (AvgIpc) is 3.15. The maximum absolute atomic E-state index is 13.4. The minimum absolute atomic E-state index is 0.0844. The van der Waals surface area contributed by atoms with Gasteiger partial charge in [0.25, 0.3) is 5.91 Å². The van der Waals surface area contributed by atoms with Crippen molar-refractivity contribution < 1.29 is 33.9 Å². The second kappa shape index (κ2) is 10.3. The number of hydrogen-bond acceptors (Lipinski definition) is 7. The molecule has 0 unspecified atom stereocenters. The van der Waals surface area contributed by atoms with Crippen LogP contribution in [0.2, 0.25) is 0 Å². The third kappa shape index (κ3) is 5.15. The van der Waals surface area contributed by atoms with Gasteiger partial charge in [-0.25, -0.2) is 19.8 Å². The molecule has 3 N–H and O–H groups in total. The number of amides is 5. The highest BCUT2D eigenvalue weighted by atomic mass is 16.4. The fourth-order valence-electron chi connectivity index (χ4n) is 3.97. The van der Waals surface area contributed by atoms with Gasteiger partial charge in [0.2, 0.25) is 11.8 Å². The Morgan fingerprint density at radius 1 is 1.29 bits per heavy atom. The third-order valence-corrected chi connectivity index (χ3v) is 5.53. The van der Waals surface area contributed by atoms with Crippen LogP contribution in [0.4, 0.5) is 4.79 Å². The number of hydrogen-bond donors (Lipinski definition) is 3. The Morgan fingerprint density at radius 2 is 2.03 bits per heavy atom. The van der Waals surface area contributed by atoms with Gasteiger partial charge in [-0.15, -0.1) is 0 Å². The summed E-state index contributed by atoms with van der Waals surface area (Å²) in [5.74, 6) is -3.05. The van der Waals surface area contributed by atoms with Crippen LogP contribution in [0.5, 0.6) is 0 Å². The van der Waals surface area contributed by atoms with Gasteiger partial charge in [0, 0.05) is 19.5 Å². The number of aldehydes is 1. The van der Waals surface area contributed by atoms with Crippen molar-refractivity contribution in [3.8, 4) is 0 Å². The summed E-state index contributed by atoms with van der Waals surface area (Å²) in [6, 6.07) is -1.68. The highest BCUT2D eigenvalue weighted by Crippen LogP contribution is 2.24. The van der Waals surface area contributed by atoms with Gasteiger partial charge in [0.15, 0.2) is 0 Å². The molecule has 3 rings (SSSR count). The van der Waals surface area contributed by atoms with Gasteiger partial charge >= 0.3 is 12.0 Å². The maximum Gasteiger partial charge on any atom is 0.358 e. The van der Waals surface area contributed by atoms with E-state index in [9.17, 15) is 28.8 Å². The predicted molar refractivity (Wildman–Crippen MR) is 114 cm³/mol. The SMILES string of the molecule is CCn1nc(C)cc1C(=O)NN1CCC(=O)N2CCC[C@@H](C(=O)N[C@H](C=O)CC(=O)O)N2C1=O. The van der Waals surface area contributed by atoms with E-state index in [4.69, 9.17) is 5.11 Å². The number of carbonyl (C=O) groups excluding carboxylic acids is 5. The molecule has 5 amide bonds. The van der Waals surface area contributed by atoms with Crippen molar-refractivity contribution in [1.82, 2.24) is 35.5 Å². The predicted octanol–water partition coefficient (Wildman–Crippen LogP) is -0.952. The Balaban J connectivity index is 1.83. The summed E-state index contributed by atoms with van der Waals surface area (Å²) in [5, 5.41) is 18.5. The summed E-state index contributed by atoms with van der Waals surface area (Å²) in [4.78, 5) is 73.9. The van der Waals surface area contributed by atoms with Crippen molar-refractivity contribution in [2.75, 3.05) is 13.1 Å². The van der Waals surface area contributed by atoms with Crippen LogP contribution in [0.1, 0.15) is 48.8 Å². The molecule has 14 heteroatoms. The number of carboxylic acids is 1. The Kier molecular flexibility index (Phi) is 7.48. The molecular formula is C20H27N7O7. The summed E-state index contributed by atoms with van der Waals surface area (Å²) in [5.41, 5.74) is 3.35. The topological polar surface area (TPSA) is 174 Å². The molecule has 1 aromatic heterocycles. The number of fused-ring (bicyclic) bond motifs is 1. The lowest BCUT2D eigenvalue weighted by atomic mass is 10.1. The molecule has 0 saturated carbocycles. The number of rotatable bonds is 8. The van der Waals surface area contributed by atoms with Crippen molar-refractivity contribution in [3.63, 3.8) is 0 Å². The molecule has 0 spiro atoms. The van der Waals surface area contributed by atoms with E-state index in [0.717, 1.165) is 15.0 Å². The molecule has 2 aliphatic heterocycles. The van der Waals surface area contributed by atoms with Crippen molar-refractivity contribution in [1.29, 1.82) is 0 Å². The highest BCUT2D eigenvalue weighted by Gasteiger charge is 2.44. The molecule has 2 saturated heterocycles. The van der Waals surface area contributed by atoms with E-state index in [1.54, 1.807) is 13.0 Å². The average molecular weight is 477 g/mol. The quantitative estimate of drug-likeness (QED) is 0.402. The lowest BCUT2D eigenvalue weighted by molar-refractivity contribution is -0.155. The molecule has 2 aliphatic rings. The van der Waals surface area contributed by atoms with Gasteiger partial charge in [-0.05, 0) is 32.8 Å². The van der Waals surface area contributed by atoms with Crippen LogP contribution in [0.3, 0.4) is 0 Å². The van der Waals surface area contributed by atoms with Crippen molar-refractivity contribution in [2.24, 2.45) is 0 Å². The summed E-state index contributed by atoms with van der Waals surface area (Å²) in [6.45, 7) is 4.05. The van der Waals surface area contributed by atoms with Gasteiger partial charge in [0.05, 0.1) is 24.7 Å². The highest BCUT2D eigenvalue weighted by molar-refractivity contribution is 5.96. The normalized spacial score (nSPS) is 19.2. The summed E-state index contributed by atoms with van der Waals surface area (Å²) in [6.07, 6.45) is 0.195. The minimum atomic E-state index is -1.29. The molecule has 184 valence electrons. The lowest BCUT2D eigenvalue weighted by Crippen LogP contribution is -2.64. The molecule has 2 fully saturated rings. The maximum atomic E-state index is 13.4. The Hall–Kier alpha value is -3.97. The standard InChI is InChI=1S/C20H27N7O7/c1-3-24-15(9-12(2)22-24)19(33)23-25-8-6-16(29)26-7-4-5-14(27(26)20(25)34)18(32)21-13(11-28)10-17(30)31/h9,11,13-14H,3-8,10H2,1-2H3,(H,21,32)(H,23,33)(H,30,31)/t13-,14-/m0/s1. The molecule has 0 radical (unpaired) electrons. The number of carboxylic acid groups (broad SMARTS) is 1. The largest absolute Gasteiger partial charge is 0.481 e. The van der Waals surface area contributed by atoms with E-state index in [1.807, 2.05) is 6.92 Å². The smallest absolute Gasteiger partial charge is 0.358 e. The number of nitrogens with one attached hydrogen (secondary N) is 2. The fourth-order valence-corrected chi connectivity index (χ4v) is 3.97. The molecular weight excluding hydrogens is 450 g/mol. The zero-order chi connectivity index (χ0) is 25.0. The van der Waals surface area contributed by atoms with Gasteiger partial charge in [0.1, 0.15) is 18.0 Å². The molecule has 0 bridgehead atoms. The monoisotopic (exact) mass is 477 g/mol. The molecule has 14 nitrogen and oxygen atoms in total. The zero-order valence-electron chi connectivity index (χ0n) is 18.9.